The number of esters is 1. The number of allylic oxidation sites excluding steroid dienone is 1. The average Bonchev–Trinajstić information content (AvgIpc) is 2.25. The van der Waals surface area contributed by atoms with Crippen LogP contribution in [0.4, 0.5) is 0 Å². The zero-order valence-corrected chi connectivity index (χ0v) is 13.8. The molecule has 0 aromatic rings. The highest BCUT2D eigenvalue weighted by Crippen LogP contribution is 2.50. The Morgan fingerprint density at radius 1 is 1.35 bits per heavy atom. The van der Waals surface area contributed by atoms with Gasteiger partial charge in [-0.1, -0.05) is 51.7 Å². The lowest BCUT2D eigenvalue weighted by atomic mass is 9.61. The molecule has 1 fully saturated rings. The zero-order valence-electron chi connectivity index (χ0n) is 13.8. The molecule has 0 radical (unpaired) electrons. The van der Waals surface area contributed by atoms with Crippen LogP contribution in [0, 0.1) is 23.2 Å². The topological polar surface area (TPSA) is 26.3 Å². The molecule has 2 heteroatoms. The second kappa shape index (κ2) is 5.64. The van der Waals surface area contributed by atoms with E-state index in [-0.39, 0.29) is 16.8 Å². The van der Waals surface area contributed by atoms with E-state index in [0.29, 0.717) is 6.42 Å². The Hall–Kier alpha value is -1.23. The summed E-state index contributed by atoms with van der Waals surface area (Å²) in [7, 11) is 0. The van der Waals surface area contributed by atoms with E-state index in [0.717, 1.165) is 0 Å². The molecule has 0 heterocycles. The van der Waals surface area contributed by atoms with E-state index in [9.17, 15) is 4.79 Å². The predicted octanol–water partition coefficient (Wildman–Crippen LogP) is 4.49. The van der Waals surface area contributed by atoms with Gasteiger partial charge in [-0.25, -0.2) is 0 Å². The number of terminal acetylenes is 1. The van der Waals surface area contributed by atoms with Crippen LogP contribution in [0.3, 0.4) is 0 Å². The lowest BCUT2D eigenvalue weighted by Gasteiger charge is -2.44. The average molecular weight is 276 g/mol. The predicted molar refractivity (Wildman–Crippen MR) is 83.1 cm³/mol. The fourth-order valence-electron chi connectivity index (χ4n) is 3.45. The van der Waals surface area contributed by atoms with Gasteiger partial charge in [0.05, 0.1) is 0 Å². The quantitative estimate of drug-likeness (QED) is 0.431. The van der Waals surface area contributed by atoms with Crippen LogP contribution in [0.2, 0.25) is 0 Å². The van der Waals surface area contributed by atoms with Crippen molar-refractivity contribution >= 4 is 5.97 Å². The number of carbonyl (C=O) groups is 1. The van der Waals surface area contributed by atoms with Crippen molar-refractivity contribution in [3.8, 4) is 12.3 Å². The second-order valence-corrected chi connectivity index (χ2v) is 7.41. The number of hydrogen-bond acceptors (Lipinski definition) is 2. The Morgan fingerprint density at radius 3 is 2.25 bits per heavy atom. The van der Waals surface area contributed by atoms with Crippen LogP contribution in [0.1, 0.15) is 67.2 Å². The highest BCUT2D eigenvalue weighted by Gasteiger charge is 2.38. The molecule has 0 saturated heterocycles. The van der Waals surface area contributed by atoms with Gasteiger partial charge in [0.25, 0.3) is 0 Å². The summed E-state index contributed by atoms with van der Waals surface area (Å²) < 4.78 is 5.29. The van der Waals surface area contributed by atoms with Crippen LogP contribution < -0.4 is 0 Å². The molecule has 0 amide bonds. The monoisotopic (exact) mass is 276 g/mol. The summed E-state index contributed by atoms with van der Waals surface area (Å²) in [5.41, 5.74) is 0.966. The van der Waals surface area contributed by atoms with Crippen LogP contribution in [0.25, 0.3) is 0 Å². The molecule has 0 bridgehead atoms. The van der Waals surface area contributed by atoms with Gasteiger partial charge >= 0.3 is 5.97 Å². The van der Waals surface area contributed by atoms with E-state index in [4.69, 9.17) is 11.2 Å². The molecule has 0 spiro atoms. The first-order valence-electron chi connectivity index (χ1n) is 7.41. The maximum Gasteiger partial charge on any atom is 0.304 e. The molecule has 1 saturated carbocycles. The van der Waals surface area contributed by atoms with Crippen molar-refractivity contribution in [3.05, 3.63) is 11.6 Å². The third-order valence-electron chi connectivity index (χ3n) is 4.43. The minimum absolute atomic E-state index is 0.188. The number of hydrogen-bond donors (Lipinski definition) is 0. The Bertz CT molecular complexity index is 431. The second-order valence-electron chi connectivity index (χ2n) is 7.41. The molecule has 1 aliphatic carbocycles. The summed E-state index contributed by atoms with van der Waals surface area (Å²) in [6.07, 6.45) is 12.0. The van der Waals surface area contributed by atoms with Crippen molar-refractivity contribution in [1.29, 1.82) is 0 Å². The SMILES string of the molecule is C#CC(C)(CC=C1C(C)(C)CCCC1(C)C)OC(C)=O. The van der Waals surface area contributed by atoms with Crippen molar-refractivity contribution in [2.24, 2.45) is 10.8 Å². The molecule has 0 aromatic carbocycles. The standard InChI is InChI=1S/C18H28O2/c1-8-18(7,20-14(2)19)13-10-15-16(3,4)11-9-12-17(15,5)6/h1,10H,9,11-13H2,2-7H3. The van der Waals surface area contributed by atoms with Crippen molar-refractivity contribution in [2.75, 3.05) is 0 Å². The third kappa shape index (κ3) is 3.88. The first kappa shape index (κ1) is 16.8. The van der Waals surface area contributed by atoms with Gasteiger partial charge < -0.3 is 4.74 Å². The first-order chi connectivity index (χ1) is 9.02. The fraction of sp³-hybridized carbons (Fsp3) is 0.722. The molecule has 1 rings (SSSR count). The number of carbonyl (C=O) groups excluding carboxylic acids is 1. The van der Waals surface area contributed by atoms with Crippen LogP contribution in [0.15, 0.2) is 11.6 Å². The molecular formula is C18H28O2. The van der Waals surface area contributed by atoms with Crippen LogP contribution in [-0.4, -0.2) is 11.6 Å². The Labute approximate surface area is 124 Å². The number of ether oxygens (including phenoxy) is 1. The Balaban J connectivity index is 3.01. The Morgan fingerprint density at radius 2 is 1.85 bits per heavy atom. The van der Waals surface area contributed by atoms with Crippen LogP contribution in [-0.2, 0) is 9.53 Å². The fourth-order valence-corrected chi connectivity index (χ4v) is 3.45. The molecule has 2 nitrogen and oxygen atoms in total. The molecule has 112 valence electrons. The highest BCUT2D eigenvalue weighted by molar-refractivity contribution is 5.67. The molecule has 1 aliphatic rings. The molecular weight excluding hydrogens is 248 g/mol. The van der Waals surface area contributed by atoms with E-state index in [1.807, 2.05) is 0 Å². The van der Waals surface area contributed by atoms with Crippen LogP contribution >= 0.6 is 0 Å². The van der Waals surface area contributed by atoms with Crippen molar-refractivity contribution in [1.82, 2.24) is 0 Å². The van der Waals surface area contributed by atoms with E-state index < -0.39 is 5.60 Å². The molecule has 1 atom stereocenters. The van der Waals surface area contributed by atoms with E-state index in [1.165, 1.54) is 31.8 Å². The van der Waals surface area contributed by atoms with Crippen molar-refractivity contribution < 1.29 is 9.53 Å². The van der Waals surface area contributed by atoms with Crippen LogP contribution in [0.5, 0.6) is 0 Å². The Kier molecular flexibility index (Phi) is 4.74. The van der Waals surface area contributed by atoms with E-state index in [2.05, 4.69) is 39.7 Å². The first-order valence-corrected chi connectivity index (χ1v) is 7.41. The summed E-state index contributed by atoms with van der Waals surface area (Å²) in [6.45, 7) is 12.4. The van der Waals surface area contributed by atoms with E-state index >= 15 is 0 Å². The van der Waals surface area contributed by atoms with Gasteiger partial charge in [-0.15, -0.1) is 6.42 Å². The highest BCUT2D eigenvalue weighted by atomic mass is 16.6. The maximum absolute atomic E-state index is 11.2. The minimum atomic E-state index is -0.845. The zero-order chi connectivity index (χ0) is 15.6. The summed E-state index contributed by atoms with van der Waals surface area (Å²) in [5.74, 6) is 2.29. The summed E-state index contributed by atoms with van der Waals surface area (Å²) in [4.78, 5) is 11.2. The van der Waals surface area contributed by atoms with Gasteiger partial charge in [-0.3, -0.25) is 4.79 Å². The molecule has 1 unspecified atom stereocenters. The maximum atomic E-state index is 11.2. The molecule has 0 aliphatic heterocycles. The van der Waals surface area contributed by atoms with Crippen molar-refractivity contribution in [3.63, 3.8) is 0 Å². The minimum Gasteiger partial charge on any atom is -0.446 e. The van der Waals surface area contributed by atoms with E-state index in [1.54, 1.807) is 6.92 Å². The molecule has 0 N–H and O–H groups in total. The smallest absolute Gasteiger partial charge is 0.304 e. The largest absolute Gasteiger partial charge is 0.446 e. The van der Waals surface area contributed by atoms with Gasteiger partial charge in [0.15, 0.2) is 5.60 Å². The van der Waals surface area contributed by atoms with Gasteiger partial charge in [-0.2, -0.15) is 0 Å². The lowest BCUT2D eigenvalue weighted by molar-refractivity contribution is -0.149. The van der Waals surface area contributed by atoms with Gasteiger partial charge in [-0.05, 0) is 30.6 Å². The lowest BCUT2D eigenvalue weighted by Crippen LogP contribution is -2.34. The molecule has 20 heavy (non-hydrogen) atoms. The van der Waals surface area contributed by atoms with Gasteiger partial charge in [0, 0.05) is 13.3 Å². The summed E-state index contributed by atoms with van der Waals surface area (Å²) in [5, 5.41) is 0. The normalized spacial score (nSPS) is 23.4. The van der Waals surface area contributed by atoms with Gasteiger partial charge in [0.2, 0.25) is 0 Å². The number of rotatable bonds is 3. The summed E-state index contributed by atoms with van der Waals surface area (Å²) in [6, 6.07) is 0. The van der Waals surface area contributed by atoms with Crippen molar-refractivity contribution in [2.45, 2.75) is 72.8 Å². The third-order valence-corrected chi connectivity index (χ3v) is 4.43. The van der Waals surface area contributed by atoms with Gasteiger partial charge in [0.1, 0.15) is 0 Å². The summed E-state index contributed by atoms with van der Waals surface area (Å²) >= 11 is 0. The molecule has 0 aromatic heterocycles.